The van der Waals surface area contributed by atoms with Crippen molar-refractivity contribution >= 4 is 23.5 Å². The summed E-state index contributed by atoms with van der Waals surface area (Å²) in [4.78, 5) is 27.1. The molecule has 1 aliphatic rings. The highest BCUT2D eigenvalue weighted by Gasteiger charge is 2.43. The summed E-state index contributed by atoms with van der Waals surface area (Å²) in [5.74, 6) is 0.258. The number of ether oxygens (including phenoxy) is 1. The first-order chi connectivity index (χ1) is 13.6. The van der Waals surface area contributed by atoms with Gasteiger partial charge in [-0.15, -0.1) is 11.6 Å². The van der Waals surface area contributed by atoms with E-state index in [1.807, 2.05) is 41.5 Å². The second kappa shape index (κ2) is 11.4. The van der Waals surface area contributed by atoms with Gasteiger partial charge in [-0.05, 0) is 75.2 Å². The third-order valence-corrected chi connectivity index (χ3v) is 7.00. The molecule has 4 nitrogen and oxygen atoms in total. The van der Waals surface area contributed by atoms with Gasteiger partial charge in [0, 0.05) is 25.9 Å². The van der Waals surface area contributed by atoms with E-state index < -0.39 is 5.60 Å². The highest BCUT2D eigenvalue weighted by atomic mass is 35.5. The van der Waals surface area contributed by atoms with Gasteiger partial charge in [0.1, 0.15) is 0 Å². The normalized spacial score (nSPS) is 17.9. The zero-order valence-corrected chi connectivity index (χ0v) is 22.1. The average molecular weight is 442 g/mol. The number of carbonyl (C=O) groups is 2. The van der Waals surface area contributed by atoms with Crippen molar-refractivity contribution in [3.05, 3.63) is 22.3 Å². The molecule has 1 aliphatic carbocycles. The molecule has 0 spiro atoms. The molecule has 0 aromatic heterocycles. The smallest absolute Gasteiger partial charge is 0.310 e. The third kappa shape index (κ3) is 6.35. The van der Waals surface area contributed by atoms with Crippen molar-refractivity contribution in [1.82, 2.24) is 4.90 Å². The number of alkyl halides is 1. The van der Waals surface area contributed by atoms with E-state index in [0.29, 0.717) is 6.42 Å². The van der Waals surface area contributed by atoms with Crippen molar-refractivity contribution in [3.8, 4) is 0 Å². The van der Waals surface area contributed by atoms with E-state index in [2.05, 4.69) is 27.7 Å². The Labute approximate surface area is 190 Å². The van der Waals surface area contributed by atoms with E-state index in [0.717, 1.165) is 23.4 Å². The lowest BCUT2D eigenvalue weighted by molar-refractivity contribution is -0.161. The molecule has 2 atom stereocenters. The van der Waals surface area contributed by atoms with Crippen LogP contribution < -0.4 is 0 Å². The van der Waals surface area contributed by atoms with Gasteiger partial charge in [-0.25, -0.2) is 0 Å². The molecule has 5 heteroatoms. The first kappa shape index (κ1) is 28.7. The molecule has 1 rings (SSSR count). The van der Waals surface area contributed by atoms with Gasteiger partial charge >= 0.3 is 5.97 Å². The van der Waals surface area contributed by atoms with E-state index in [1.54, 1.807) is 19.0 Å². The lowest BCUT2D eigenvalue weighted by Crippen LogP contribution is -2.41. The highest BCUT2D eigenvalue weighted by molar-refractivity contribution is 6.17. The molecule has 0 saturated carbocycles. The molecule has 0 aromatic rings. The van der Waals surface area contributed by atoms with Gasteiger partial charge in [0.05, 0.1) is 5.92 Å². The fraction of sp³-hybridized carbons (Fsp3) is 0.760. The Hall–Kier alpha value is -1.29. The Bertz CT molecular complexity index is 665. The first-order valence-corrected chi connectivity index (χ1v) is 11.5. The summed E-state index contributed by atoms with van der Waals surface area (Å²) >= 11 is 5.00. The lowest BCUT2D eigenvalue weighted by atomic mass is 9.72. The summed E-state index contributed by atoms with van der Waals surface area (Å²) in [5.41, 5.74) is 3.61. The maximum atomic E-state index is 13.1. The lowest BCUT2D eigenvalue weighted by Gasteiger charge is -2.37. The standard InChI is InChI=1S/C23H39NO3.C2H5Cl/c1-12-19(20(25)24(10)11)13-22(7,8)18(6)21(26)27-23(9)16(4)14(2)15(3)17(23)5;1-2-3/h18-19H,12-13H2,1-11H3;2H2,1H3. The number of halogens is 1. The van der Waals surface area contributed by atoms with Crippen LogP contribution in [0.25, 0.3) is 0 Å². The molecule has 0 aliphatic heterocycles. The monoisotopic (exact) mass is 441 g/mol. The van der Waals surface area contributed by atoms with Gasteiger partial charge in [-0.1, -0.05) is 34.6 Å². The maximum absolute atomic E-state index is 13.1. The minimum Gasteiger partial charge on any atom is -0.450 e. The molecule has 1 amide bonds. The number of hydrogen-bond donors (Lipinski definition) is 0. The van der Waals surface area contributed by atoms with Gasteiger partial charge in [-0.2, -0.15) is 0 Å². The molecular weight excluding hydrogens is 398 g/mol. The van der Waals surface area contributed by atoms with Crippen LogP contribution in [0.5, 0.6) is 0 Å². The van der Waals surface area contributed by atoms with Crippen molar-refractivity contribution in [2.75, 3.05) is 20.0 Å². The number of hydrogen-bond acceptors (Lipinski definition) is 3. The predicted molar refractivity (Wildman–Crippen MR) is 128 cm³/mol. The average Bonchev–Trinajstić information content (AvgIpc) is 2.81. The summed E-state index contributed by atoms with van der Waals surface area (Å²) in [6.45, 7) is 20.2. The van der Waals surface area contributed by atoms with Crippen LogP contribution in [0.15, 0.2) is 22.3 Å². The van der Waals surface area contributed by atoms with Gasteiger partial charge in [0.15, 0.2) is 5.60 Å². The van der Waals surface area contributed by atoms with Crippen LogP contribution >= 0.6 is 11.6 Å². The van der Waals surface area contributed by atoms with Crippen LogP contribution in [0.3, 0.4) is 0 Å². The summed E-state index contributed by atoms with van der Waals surface area (Å²) in [5, 5.41) is 0. The quantitative estimate of drug-likeness (QED) is 0.339. The Morgan fingerprint density at radius 3 is 1.80 bits per heavy atom. The van der Waals surface area contributed by atoms with E-state index in [1.165, 1.54) is 11.1 Å². The molecular formula is C25H44ClNO3. The summed E-state index contributed by atoms with van der Waals surface area (Å²) < 4.78 is 6.09. The minimum atomic E-state index is -0.667. The molecule has 0 N–H and O–H groups in total. The fourth-order valence-corrected chi connectivity index (χ4v) is 3.90. The molecule has 30 heavy (non-hydrogen) atoms. The molecule has 0 bridgehead atoms. The largest absolute Gasteiger partial charge is 0.450 e. The van der Waals surface area contributed by atoms with Crippen LogP contribution in [-0.2, 0) is 14.3 Å². The van der Waals surface area contributed by atoms with Crippen LogP contribution in [-0.4, -0.2) is 42.4 Å². The Morgan fingerprint density at radius 2 is 1.47 bits per heavy atom. The van der Waals surface area contributed by atoms with Gasteiger partial charge in [0.2, 0.25) is 5.91 Å². The molecule has 0 fully saturated rings. The SMILES string of the molecule is CCC(CC(C)(C)C(C)C(=O)OC1(C)C(C)=C(C)C(C)=C1C)C(=O)N(C)C.CCCl. The second-order valence-electron chi connectivity index (χ2n) is 9.47. The molecule has 0 aromatic carbocycles. The number of allylic oxidation sites excluding steroid dienone is 2. The molecule has 2 unspecified atom stereocenters. The van der Waals surface area contributed by atoms with Gasteiger partial charge in [0.25, 0.3) is 0 Å². The van der Waals surface area contributed by atoms with Crippen LogP contribution in [0.2, 0.25) is 0 Å². The first-order valence-electron chi connectivity index (χ1n) is 11.0. The van der Waals surface area contributed by atoms with E-state index in [4.69, 9.17) is 16.3 Å². The molecule has 0 saturated heterocycles. The third-order valence-electron chi connectivity index (χ3n) is 7.00. The maximum Gasteiger partial charge on any atom is 0.310 e. The van der Waals surface area contributed by atoms with E-state index in [-0.39, 0.29) is 29.1 Å². The van der Waals surface area contributed by atoms with Crippen LogP contribution in [0, 0.1) is 17.3 Å². The van der Waals surface area contributed by atoms with Crippen LogP contribution in [0.1, 0.15) is 82.1 Å². The molecule has 174 valence electrons. The Morgan fingerprint density at radius 1 is 1.07 bits per heavy atom. The topological polar surface area (TPSA) is 46.6 Å². The number of amides is 1. The number of esters is 1. The van der Waals surface area contributed by atoms with E-state index in [9.17, 15) is 9.59 Å². The predicted octanol–water partition coefficient (Wildman–Crippen LogP) is 6.39. The molecule has 0 heterocycles. The Balaban J connectivity index is 0.00000263. The molecule has 0 radical (unpaired) electrons. The summed E-state index contributed by atoms with van der Waals surface area (Å²) in [7, 11) is 3.57. The fourth-order valence-electron chi connectivity index (χ4n) is 3.90. The van der Waals surface area contributed by atoms with Crippen molar-refractivity contribution in [2.45, 2.75) is 87.7 Å². The van der Waals surface area contributed by atoms with Crippen molar-refractivity contribution in [1.29, 1.82) is 0 Å². The zero-order valence-electron chi connectivity index (χ0n) is 21.3. The number of rotatable bonds is 7. The van der Waals surface area contributed by atoms with Crippen molar-refractivity contribution in [2.24, 2.45) is 17.3 Å². The highest BCUT2D eigenvalue weighted by Crippen LogP contribution is 2.44. The summed E-state index contributed by atoms with van der Waals surface area (Å²) in [6.07, 6.45) is 1.43. The van der Waals surface area contributed by atoms with Crippen molar-refractivity contribution < 1.29 is 14.3 Å². The van der Waals surface area contributed by atoms with Crippen molar-refractivity contribution in [3.63, 3.8) is 0 Å². The van der Waals surface area contributed by atoms with Gasteiger partial charge < -0.3 is 9.64 Å². The number of carbonyl (C=O) groups excluding carboxylic acids is 2. The van der Waals surface area contributed by atoms with E-state index >= 15 is 0 Å². The second-order valence-corrected chi connectivity index (χ2v) is 10.0. The minimum absolute atomic E-state index is 0.0833. The zero-order chi connectivity index (χ0) is 24.0. The summed E-state index contributed by atoms with van der Waals surface area (Å²) in [6, 6.07) is 0. The van der Waals surface area contributed by atoms with Gasteiger partial charge in [-0.3, -0.25) is 9.59 Å². The Kier molecular flexibility index (Phi) is 10.9. The number of nitrogens with zero attached hydrogens (tertiary/aromatic N) is 1. The van der Waals surface area contributed by atoms with Crippen LogP contribution in [0.4, 0.5) is 0 Å².